The predicted octanol–water partition coefficient (Wildman–Crippen LogP) is 5.61. The zero-order valence-corrected chi connectivity index (χ0v) is 16.1. The van der Waals surface area contributed by atoms with Gasteiger partial charge in [0.25, 0.3) is 0 Å². The normalized spacial score (nSPS) is 11.8. The summed E-state index contributed by atoms with van der Waals surface area (Å²) in [4.78, 5) is 4.71. The van der Waals surface area contributed by atoms with E-state index in [0.29, 0.717) is 18.9 Å². The third kappa shape index (κ3) is 4.67. The zero-order chi connectivity index (χ0) is 19.9. The number of benzene rings is 2. The molecule has 0 aliphatic carbocycles. The van der Waals surface area contributed by atoms with Crippen molar-refractivity contribution in [3.63, 3.8) is 0 Å². The highest BCUT2D eigenvalue weighted by molar-refractivity contribution is 5.73. The minimum Gasteiger partial charge on any atom is -0.478 e. The molecule has 0 atom stereocenters. The fourth-order valence-electron chi connectivity index (χ4n) is 3.24. The monoisotopic (exact) mass is 386 g/mol. The van der Waals surface area contributed by atoms with Crippen LogP contribution in [0.4, 0.5) is 0 Å². The summed E-state index contributed by atoms with van der Waals surface area (Å²) in [5, 5.41) is 8.63. The molecule has 146 valence electrons. The number of fused-ring (bicyclic) bond motifs is 1. The molecule has 5 nitrogen and oxygen atoms in total. The average Bonchev–Trinajstić information content (AvgIpc) is 3.24. The van der Waals surface area contributed by atoms with Crippen LogP contribution in [0.15, 0.2) is 60.7 Å². The molecule has 0 saturated heterocycles. The van der Waals surface area contributed by atoms with Crippen LogP contribution in [0.1, 0.15) is 25.7 Å². The van der Waals surface area contributed by atoms with Crippen molar-refractivity contribution in [2.75, 3.05) is 13.4 Å². The summed E-state index contributed by atoms with van der Waals surface area (Å²) >= 11 is 0. The molecule has 0 saturated carbocycles. The maximum atomic E-state index is 8.63. The number of nitrogens with zero attached hydrogens (tertiary/aromatic N) is 2. The molecule has 0 bridgehead atoms. The van der Waals surface area contributed by atoms with E-state index < -0.39 is 0 Å². The van der Waals surface area contributed by atoms with E-state index >= 15 is 0 Å². The summed E-state index contributed by atoms with van der Waals surface area (Å²) in [7, 11) is 0. The van der Waals surface area contributed by atoms with E-state index in [4.69, 9.17) is 24.5 Å². The molecule has 0 N–H and O–H groups in total. The number of rotatable bonds is 8. The minimum absolute atomic E-state index is 0.255. The van der Waals surface area contributed by atoms with Gasteiger partial charge in [-0.2, -0.15) is 5.26 Å². The van der Waals surface area contributed by atoms with Crippen LogP contribution in [0.25, 0.3) is 22.4 Å². The lowest BCUT2D eigenvalue weighted by Crippen LogP contribution is -2.00. The van der Waals surface area contributed by atoms with Gasteiger partial charge in [-0.3, -0.25) is 0 Å². The number of aromatic nitrogens is 1. The van der Waals surface area contributed by atoms with E-state index in [1.54, 1.807) is 0 Å². The van der Waals surface area contributed by atoms with Crippen LogP contribution in [0.2, 0.25) is 0 Å². The zero-order valence-electron chi connectivity index (χ0n) is 16.1. The molecule has 1 aromatic heterocycles. The summed E-state index contributed by atoms with van der Waals surface area (Å²) in [5.41, 5.74) is 3.93. The molecular weight excluding hydrogens is 364 g/mol. The fourth-order valence-corrected chi connectivity index (χ4v) is 3.24. The van der Waals surface area contributed by atoms with Crippen molar-refractivity contribution in [1.82, 2.24) is 4.98 Å². The van der Waals surface area contributed by atoms with E-state index in [1.165, 1.54) is 0 Å². The Morgan fingerprint density at radius 1 is 0.862 bits per heavy atom. The largest absolute Gasteiger partial charge is 0.478 e. The number of hydrogen-bond donors (Lipinski definition) is 0. The van der Waals surface area contributed by atoms with Crippen molar-refractivity contribution < 1.29 is 14.2 Å². The third-order valence-electron chi connectivity index (χ3n) is 4.76. The van der Waals surface area contributed by atoms with Crippen molar-refractivity contribution in [3.05, 3.63) is 60.7 Å². The van der Waals surface area contributed by atoms with Crippen LogP contribution in [0, 0.1) is 11.3 Å². The summed E-state index contributed by atoms with van der Waals surface area (Å²) < 4.78 is 16.9. The van der Waals surface area contributed by atoms with E-state index in [9.17, 15) is 0 Å². The fraction of sp³-hybridized carbons (Fsp3) is 0.250. The molecule has 0 amide bonds. The third-order valence-corrected chi connectivity index (χ3v) is 4.76. The number of hydrogen-bond acceptors (Lipinski definition) is 5. The van der Waals surface area contributed by atoms with Gasteiger partial charge in [-0.25, -0.2) is 4.98 Å². The lowest BCUT2D eigenvalue weighted by atomic mass is 10.0. The number of pyridine rings is 1. The minimum atomic E-state index is 0.255. The van der Waals surface area contributed by atoms with E-state index in [1.807, 2.05) is 54.6 Å². The standard InChI is InChI=1S/C24H22N2O3/c25-12-6-1-2-7-13-27-24-16-20(14-21(26-24)18-8-4-3-5-9-18)19-10-11-22-23(15-19)29-17-28-22/h3-5,8-11,14-16H,1-2,6-7,13,17H2. The Balaban J connectivity index is 1.59. The maximum absolute atomic E-state index is 8.63. The Labute approximate surface area is 170 Å². The lowest BCUT2D eigenvalue weighted by Gasteiger charge is -2.11. The first-order valence-electron chi connectivity index (χ1n) is 9.81. The molecule has 0 unspecified atom stereocenters. The van der Waals surface area contributed by atoms with Gasteiger partial charge in [-0.15, -0.1) is 0 Å². The predicted molar refractivity (Wildman–Crippen MR) is 111 cm³/mol. The second-order valence-corrected chi connectivity index (χ2v) is 6.83. The average molecular weight is 386 g/mol. The molecule has 0 fully saturated rings. The molecular formula is C24H22N2O3. The second kappa shape index (κ2) is 9.11. The first-order valence-corrected chi connectivity index (χ1v) is 9.81. The van der Waals surface area contributed by atoms with Gasteiger partial charge < -0.3 is 14.2 Å². The Kier molecular flexibility index (Phi) is 5.92. The summed E-state index contributed by atoms with van der Waals surface area (Å²) in [6.45, 7) is 0.835. The first-order chi connectivity index (χ1) is 14.3. The number of ether oxygens (including phenoxy) is 3. The van der Waals surface area contributed by atoms with Gasteiger partial charge in [0.2, 0.25) is 12.7 Å². The lowest BCUT2D eigenvalue weighted by molar-refractivity contribution is 0.174. The van der Waals surface area contributed by atoms with E-state index in [2.05, 4.69) is 12.1 Å². The highest BCUT2D eigenvalue weighted by Crippen LogP contribution is 2.37. The van der Waals surface area contributed by atoms with Gasteiger partial charge >= 0.3 is 0 Å². The van der Waals surface area contributed by atoms with Gasteiger partial charge in [0, 0.05) is 18.1 Å². The summed E-state index contributed by atoms with van der Waals surface area (Å²) in [6, 6.07) is 22.2. The Morgan fingerprint density at radius 2 is 1.72 bits per heavy atom. The molecule has 0 spiro atoms. The highest BCUT2D eigenvalue weighted by atomic mass is 16.7. The number of unbranched alkanes of at least 4 members (excludes halogenated alkanes) is 3. The van der Waals surface area contributed by atoms with E-state index in [0.717, 1.165) is 53.1 Å². The second-order valence-electron chi connectivity index (χ2n) is 6.83. The highest BCUT2D eigenvalue weighted by Gasteiger charge is 2.15. The first kappa shape index (κ1) is 18.8. The molecule has 29 heavy (non-hydrogen) atoms. The van der Waals surface area contributed by atoms with Gasteiger partial charge in [0.05, 0.1) is 18.4 Å². The van der Waals surface area contributed by atoms with Gasteiger partial charge in [0.15, 0.2) is 11.5 Å². The topological polar surface area (TPSA) is 64.4 Å². The molecule has 0 radical (unpaired) electrons. The molecule has 1 aliphatic rings. The quantitative estimate of drug-likeness (QED) is 0.471. The molecule has 5 heteroatoms. The smallest absolute Gasteiger partial charge is 0.231 e. The maximum Gasteiger partial charge on any atom is 0.231 e. The van der Waals surface area contributed by atoms with Crippen LogP contribution in [0.3, 0.4) is 0 Å². The van der Waals surface area contributed by atoms with Gasteiger partial charge in [-0.1, -0.05) is 36.4 Å². The van der Waals surface area contributed by atoms with Crippen molar-refractivity contribution in [1.29, 1.82) is 5.26 Å². The SMILES string of the molecule is N#CCCCCCOc1cc(-c2ccc3c(c2)OCO3)cc(-c2ccccc2)n1. The molecule has 2 aromatic carbocycles. The van der Waals surface area contributed by atoms with Crippen molar-refractivity contribution in [2.45, 2.75) is 25.7 Å². The number of nitriles is 1. The Morgan fingerprint density at radius 3 is 2.59 bits per heavy atom. The van der Waals surface area contributed by atoms with Crippen LogP contribution in [-0.4, -0.2) is 18.4 Å². The summed E-state index contributed by atoms with van der Waals surface area (Å²) in [6.07, 6.45) is 3.37. The van der Waals surface area contributed by atoms with Gasteiger partial charge in [0.1, 0.15) is 0 Å². The van der Waals surface area contributed by atoms with Crippen molar-refractivity contribution in [2.24, 2.45) is 0 Å². The van der Waals surface area contributed by atoms with E-state index in [-0.39, 0.29) is 6.79 Å². The Hall–Kier alpha value is -3.52. The van der Waals surface area contributed by atoms with Crippen molar-refractivity contribution >= 4 is 0 Å². The van der Waals surface area contributed by atoms with Crippen LogP contribution >= 0.6 is 0 Å². The molecule has 1 aliphatic heterocycles. The Bertz CT molecular complexity index is 1010. The molecule has 3 aromatic rings. The van der Waals surface area contributed by atoms with Crippen LogP contribution in [0.5, 0.6) is 17.4 Å². The summed E-state index contributed by atoms with van der Waals surface area (Å²) in [5.74, 6) is 2.11. The van der Waals surface area contributed by atoms with Crippen LogP contribution in [-0.2, 0) is 0 Å². The molecule has 4 rings (SSSR count). The van der Waals surface area contributed by atoms with Gasteiger partial charge in [-0.05, 0) is 48.6 Å². The van der Waals surface area contributed by atoms with Crippen molar-refractivity contribution in [3.8, 4) is 45.8 Å². The molecule has 2 heterocycles. The van der Waals surface area contributed by atoms with Crippen LogP contribution < -0.4 is 14.2 Å².